The van der Waals surface area contributed by atoms with Gasteiger partial charge in [0.25, 0.3) is 10.0 Å². The van der Waals surface area contributed by atoms with Gasteiger partial charge in [0.05, 0.1) is 20.6 Å². The van der Waals surface area contributed by atoms with Crippen LogP contribution in [-0.4, -0.2) is 44.3 Å². The highest BCUT2D eigenvalue weighted by atomic mass is 35.5. The van der Waals surface area contributed by atoms with Crippen LogP contribution in [0.15, 0.2) is 77.7 Å². The first kappa shape index (κ1) is 31.5. The molecule has 0 aliphatic rings. The minimum atomic E-state index is -4.19. The van der Waals surface area contributed by atoms with Crippen LogP contribution in [0.25, 0.3) is 0 Å². The van der Waals surface area contributed by atoms with Gasteiger partial charge in [0.2, 0.25) is 11.8 Å². The number of amides is 2. The van der Waals surface area contributed by atoms with Gasteiger partial charge in [-0.2, -0.15) is 0 Å². The molecule has 1 atom stereocenters. The van der Waals surface area contributed by atoms with Crippen LogP contribution in [0.3, 0.4) is 0 Å². The number of carbonyl (C=O) groups is 2. The Kier molecular flexibility index (Phi) is 11.4. The van der Waals surface area contributed by atoms with Crippen LogP contribution >= 0.6 is 23.2 Å². The highest BCUT2D eigenvalue weighted by Gasteiger charge is 2.33. The number of carbonyl (C=O) groups excluding carboxylic acids is 2. The van der Waals surface area contributed by atoms with Crippen molar-refractivity contribution in [2.45, 2.75) is 57.5 Å². The summed E-state index contributed by atoms with van der Waals surface area (Å²) in [5, 5.41) is 3.33. The van der Waals surface area contributed by atoms with Gasteiger partial charge in [0.15, 0.2) is 0 Å². The number of hydrogen-bond acceptors (Lipinski definition) is 4. The van der Waals surface area contributed by atoms with E-state index in [9.17, 15) is 18.0 Å². The molecule has 7 nitrogen and oxygen atoms in total. The van der Waals surface area contributed by atoms with E-state index in [1.165, 1.54) is 35.2 Å². The van der Waals surface area contributed by atoms with Gasteiger partial charge in [-0.05, 0) is 55.7 Å². The van der Waals surface area contributed by atoms with Crippen molar-refractivity contribution in [1.82, 2.24) is 10.2 Å². The van der Waals surface area contributed by atoms with Crippen LogP contribution in [0, 0.1) is 6.92 Å². The van der Waals surface area contributed by atoms with E-state index in [1.807, 2.05) is 51.1 Å². The maximum absolute atomic E-state index is 14.0. The Bertz CT molecular complexity index is 1400. The van der Waals surface area contributed by atoms with E-state index in [0.29, 0.717) is 13.0 Å². The van der Waals surface area contributed by atoms with E-state index in [0.717, 1.165) is 28.3 Å². The molecule has 0 fully saturated rings. The fourth-order valence-corrected chi connectivity index (χ4v) is 5.91. The van der Waals surface area contributed by atoms with Crippen molar-refractivity contribution in [3.63, 3.8) is 0 Å². The van der Waals surface area contributed by atoms with Crippen molar-refractivity contribution in [3.05, 3.63) is 94.0 Å². The largest absolute Gasteiger partial charge is 0.354 e. The monoisotopic (exact) mass is 603 g/mol. The Balaban J connectivity index is 2.04. The van der Waals surface area contributed by atoms with Crippen LogP contribution in [-0.2, 0) is 26.2 Å². The van der Waals surface area contributed by atoms with Gasteiger partial charge in [-0.1, -0.05) is 91.5 Å². The first-order chi connectivity index (χ1) is 19.1. The van der Waals surface area contributed by atoms with Gasteiger partial charge < -0.3 is 10.2 Å². The lowest BCUT2D eigenvalue weighted by Crippen LogP contribution is -2.52. The Morgan fingerprint density at radius 1 is 0.925 bits per heavy atom. The zero-order chi connectivity index (χ0) is 29.3. The van der Waals surface area contributed by atoms with Crippen molar-refractivity contribution in [2.75, 3.05) is 17.4 Å². The molecule has 2 amide bonds. The number of nitrogens with zero attached hydrogens (tertiary/aromatic N) is 2. The molecule has 0 aliphatic carbocycles. The predicted molar refractivity (Wildman–Crippen MR) is 161 cm³/mol. The number of rotatable bonds is 13. The van der Waals surface area contributed by atoms with Gasteiger partial charge in [0, 0.05) is 13.1 Å². The molecule has 0 heterocycles. The molecule has 3 rings (SSSR count). The predicted octanol–water partition coefficient (Wildman–Crippen LogP) is 6.22. The van der Waals surface area contributed by atoms with Crippen LogP contribution < -0.4 is 9.62 Å². The molecule has 0 bridgehead atoms. The lowest BCUT2D eigenvalue weighted by atomic mass is 10.1. The topological polar surface area (TPSA) is 86.8 Å². The molecule has 10 heteroatoms. The van der Waals surface area contributed by atoms with Crippen molar-refractivity contribution in [2.24, 2.45) is 0 Å². The highest BCUT2D eigenvalue weighted by molar-refractivity contribution is 7.92. The average molecular weight is 605 g/mol. The molecule has 1 unspecified atom stereocenters. The molecular formula is C30H35Cl2N3O4S. The van der Waals surface area contributed by atoms with E-state index in [2.05, 4.69) is 5.32 Å². The third-order valence-electron chi connectivity index (χ3n) is 6.49. The number of unbranched alkanes of at least 4 members (excludes halogenated alkanes) is 1. The fourth-order valence-electron chi connectivity index (χ4n) is 4.21. The molecule has 40 heavy (non-hydrogen) atoms. The van der Waals surface area contributed by atoms with Gasteiger partial charge in [-0.25, -0.2) is 8.42 Å². The van der Waals surface area contributed by atoms with Crippen LogP contribution in [0.1, 0.15) is 44.2 Å². The van der Waals surface area contributed by atoms with E-state index in [-0.39, 0.29) is 33.1 Å². The lowest BCUT2D eigenvalue weighted by Gasteiger charge is -2.33. The van der Waals surface area contributed by atoms with Gasteiger partial charge >= 0.3 is 0 Å². The molecule has 3 aromatic rings. The summed E-state index contributed by atoms with van der Waals surface area (Å²) in [5.41, 5.74) is 1.89. The smallest absolute Gasteiger partial charge is 0.264 e. The highest BCUT2D eigenvalue weighted by Crippen LogP contribution is 2.31. The Hall–Kier alpha value is -3.07. The number of aryl methyl sites for hydroxylation is 1. The maximum atomic E-state index is 14.0. The fraction of sp³-hybridized carbons (Fsp3) is 0.333. The first-order valence-electron chi connectivity index (χ1n) is 13.2. The zero-order valence-corrected chi connectivity index (χ0v) is 25.3. The van der Waals surface area contributed by atoms with Gasteiger partial charge in [-0.3, -0.25) is 13.9 Å². The molecular weight excluding hydrogens is 569 g/mol. The summed E-state index contributed by atoms with van der Waals surface area (Å²) in [6.07, 6.45) is 2.09. The molecule has 0 aromatic heterocycles. The Labute approximate surface area is 247 Å². The van der Waals surface area contributed by atoms with Crippen molar-refractivity contribution >= 4 is 50.7 Å². The summed E-state index contributed by atoms with van der Waals surface area (Å²) in [7, 11) is -4.19. The standard InChI is InChI=1S/C30H35Cl2N3O4S/c1-4-6-18-33-30(37)28(5-2)34(20-23-10-8-7-9-11-23)29(36)21-35(24-14-17-26(31)27(32)19-24)40(38,39)25-15-12-22(3)13-16-25/h7-17,19,28H,4-6,18,20-21H2,1-3H3,(H,33,37). The SMILES string of the molecule is CCCCNC(=O)C(CC)N(Cc1ccccc1)C(=O)CN(c1ccc(Cl)c(Cl)c1)S(=O)(=O)c1ccc(C)cc1. The van der Waals surface area contributed by atoms with Crippen LogP contribution in [0.4, 0.5) is 5.69 Å². The van der Waals surface area contributed by atoms with Crippen LogP contribution in [0.2, 0.25) is 10.0 Å². The maximum Gasteiger partial charge on any atom is 0.264 e. The summed E-state index contributed by atoms with van der Waals surface area (Å²) in [5.74, 6) is -0.800. The molecule has 3 aromatic carbocycles. The number of anilines is 1. The summed E-state index contributed by atoms with van der Waals surface area (Å²) in [6.45, 7) is 5.81. The minimum Gasteiger partial charge on any atom is -0.354 e. The zero-order valence-electron chi connectivity index (χ0n) is 22.9. The molecule has 0 radical (unpaired) electrons. The lowest BCUT2D eigenvalue weighted by molar-refractivity contribution is -0.140. The minimum absolute atomic E-state index is 0.0240. The Morgan fingerprint density at radius 2 is 1.60 bits per heavy atom. The van der Waals surface area contributed by atoms with E-state index < -0.39 is 28.5 Å². The van der Waals surface area contributed by atoms with E-state index in [4.69, 9.17) is 23.2 Å². The number of halogens is 2. The molecule has 0 spiro atoms. The number of hydrogen-bond donors (Lipinski definition) is 1. The Morgan fingerprint density at radius 3 is 2.20 bits per heavy atom. The number of nitrogens with one attached hydrogen (secondary N) is 1. The molecule has 0 saturated heterocycles. The van der Waals surface area contributed by atoms with Crippen molar-refractivity contribution < 1.29 is 18.0 Å². The molecule has 0 saturated carbocycles. The van der Waals surface area contributed by atoms with Crippen molar-refractivity contribution in [1.29, 1.82) is 0 Å². The quantitative estimate of drug-likeness (QED) is 0.235. The number of sulfonamides is 1. The molecule has 1 N–H and O–H groups in total. The second-order valence-corrected chi connectivity index (χ2v) is 12.2. The normalized spacial score (nSPS) is 12.0. The number of benzene rings is 3. The summed E-state index contributed by atoms with van der Waals surface area (Å²) in [6, 6.07) is 19.3. The molecule has 214 valence electrons. The second-order valence-electron chi connectivity index (χ2n) is 9.50. The summed E-state index contributed by atoms with van der Waals surface area (Å²) >= 11 is 12.4. The van der Waals surface area contributed by atoms with E-state index in [1.54, 1.807) is 12.1 Å². The van der Waals surface area contributed by atoms with Crippen molar-refractivity contribution in [3.8, 4) is 0 Å². The van der Waals surface area contributed by atoms with Gasteiger partial charge in [-0.15, -0.1) is 0 Å². The van der Waals surface area contributed by atoms with Gasteiger partial charge in [0.1, 0.15) is 12.6 Å². The third-order valence-corrected chi connectivity index (χ3v) is 9.02. The first-order valence-corrected chi connectivity index (χ1v) is 15.4. The van der Waals surface area contributed by atoms with E-state index >= 15 is 0 Å². The molecule has 0 aliphatic heterocycles. The summed E-state index contributed by atoms with van der Waals surface area (Å²) in [4.78, 5) is 28.7. The second kappa shape index (κ2) is 14.5. The van der Waals surface area contributed by atoms with Crippen LogP contribution in [0.5, 0.6) is 0 Å². The summed E-state index contributed by atoms with van der Waals surface area (Å²) < 4.78 is 28.8. The third kappa shape index (κ3) is 7.99. The average Bonchev–Trinajstić information content (AvgIpc) is 2.94.